The van der Waals surface area contributed by atoms with Gasteiger partial charge in [-0.25, -0.2) is 0 Å². The Hall–Kier alpha value is -0.280. The number of rotatable bonds is 1. The maximum atomic E-state index is 11.2. The summed E-state index contributed by atoms with van der Waals surface area (Å²) in [6.45, 7) is 4.62. The molecule has 3 nitrogen and oxygen atoms in total. The Kier molecular flexibility index (Phi) is 4.00. The number of nitrogens with two attached hydrogens (primary N) is 1. The number of carbonyl (C=O) groups excluding carboxylic acids is 1. The van der Waals surface area contributed by atoms with Gasteiger partial charge in [0.2, 0.25) is 5.91 Å². The quantitative estimate of drug-likeness (QED) is 0.642. The van der Waals surface area contributed by atoms with Gasteiger partial charge in [-0.05, 0) is 26.7 Å². The molecule has 1 aliphatic heterocycles. The summed E-state index contributed by atoms with van der Waals surface area (Å²) in [5, 5.41) is 2.82. The third-order valence-corrected chi connectivity index (χ3v) is 2.18. The van der Waals surface area contributed by atoms with E-state index in [2.05, 4.69) is 5.32 Å². The van der Waals surface area contributed by atoms with Crippen LogP contribution < -0.4 is 11.1 Å². The summed E-state index contributed by atoms with van der Waals surface area (Å²) in [5.74, 6) is 0.111. The predicted molar refractivity (Wildman–Crippen MR) is 51.2 cm³/mol. The van der Waals surface area contributed by atoms with E-state index in [0.29, 0.717) is 0 Å². The average Bonchev–Trinajstić information content (AvgIpc) is 1.86. The summed E-state index contributed by atoms with van der Waals surface area (Å²) in [6, 6.07) is 0. The molecule has 1 saturated heterocycles. The normalized spacial score (nSPS) is 24.2. The van der Waals surface area contributed by atoms with Gasteiger partial charge in [0.15, 0.2) is 0 Å². The maximum absolute atomic E-state index is 11.2. The molecule has 1 amide bonds. The van der Waals surface area contributed by atoms with E-state index in [4.69, 9.17) is 5.73 Å². The standard InChI is InChI=1S/C8H16N2O.ClH/c1-8(2,9)6-4-3-5-10-7(6)11;/h6H,3-5,9H2,1-2H3,(H,10,11);1H/t6-;/m1./s1. The Balaban J connectivity index is 0.00000121. The van der Waals surface area contributed by atoms with Gasteiger partial charge in [-0.1, -0.05) is 0 Å². The molecule has 72 valence electrons. The van der Waals surface area contributed by atoms with Gasteiger partial charge in [0.1, 0.15) is 0 Å². The van der Waals surface area contributed by atoms with Crippen molar-refractivity contribution in [3.8, 4) is 0 Å². The molecule has 0 spiro atoms. The van der Waals surface area contributed by atoms with Crippen LogP contribution in [0.1, 0.15) is 26.7 Å². The van der Waals surface area contributed by atoms with Crippen molar-refractivity contribution in [2.45, 2.75) is 32.2 Å². The summed E-state index contributed by atoms with van der Waals surface area (Å²) in [7, 11) is 0. The van der Waals surface area contributed by atoms with Crippen LogP contribution in [-0.4, -0.2) is 18.0 Å². The fourth-order valence-electron chi connectivity index (χ4n) is 1.48. The van der Waals surface area contributed by atoms with Gasteiger partial charge in [0, 0.05) is 12.1 Å². The van der Waals surface area contributed by atoms with Gasteiger partial charge < -0.3 is 11.1 Å². The molecule has 1 aliphatic rings. The number of piperidine rings is 1. The van der Waals surface area contributed by atoms with E-state index in [9.17, 15) is 4.79 Å². The van der Waals surface area contributed by atoms with Gasteiger partial charge in [0.25, 0.3) is 0 Å². The monoisotopic (exact) mass is 192 g/mol. The number of amides is 1. The molecule has 12 heavy (non-hydrogen) atoms. The van der Waals surface area contributed by atoms with E-state index < -0.39 is 0 Å². The molecule has 1 atom stereocenters. The van der Waals surface area contributed by atoms with Crippen molar-refractivity contribution in [1.82, 2.24) is 5.32 Å². The number of nitrogens with one attached hydrogen (secondary N) is 1. The molecule has 1 rings (SSSR count). The van der Waals surface area contributed by atoms with Crippen LogP contribution in [0.3, 0.4) is 0 Å². The molecule has 0 bridgehead atoms. The Morgan fingerprint density at radius 1 is 1.58 bits per heavy atom. The third-order valence-electron chi connectivity index (χ3n) is 2.18. The van der Waals surface area contributed by atoms with Crippen LogP contribution in [0.2, 0.25) is 0 Å². The zero-order chi connectivity index (χ0) is 8.48. The second-order valence-electron chi connectivity index (χ2n) is 3.81. The van der Waals surface area contributed by atoms with Gasteiger partial charge in [-0.3, -0.25) is 4.79 Å². The molecule has 0 saturated carbocycles. The lowest BCUT2D eigenvalue weighted by atomic mass is 9.82. The van der Waals surface area contributed by atoms with Crippen LogP contribution in [0.4, 0.5) is 0 Å². The number of hydrogen-bond donors (Lipinski definition) is 2. The van der Waals surface area contributed by atoms with Crippen LogP contribution in [0, 0.1) is 5.92 Å². The van der Waals surface area contributed by atoms with Crippen molar-refractivity contribution in [3.05, 3.63) is 0 Å². The van der Waals surface area contributed by atoms with Gasteiger partial charge in [-0.2, -0.15) is 0 Å². The molecule has 0 aromatic heterocycles. The molecule has 0 aromatic carbocycles. The first-order valence-electron chi connectivity index (χ1n) is 4.08. The van der Waals surface area contributed by atoms with Crippen LogP contribution >= 0.6 is 12.4 Å². The van der Waals surface area contributed by atoms with Crippen molar-refractivity contribution in [2.24, 2.45) is 11.7 Å². The van der Waals surface area contributed by atoms with Gasteiger partial charge >= 0.3 is 0 Å². The SMILES string of the molecule is CC(C)(N)[C@@H]1CCCNC1=O.Cl. The first kappa shape index (κ1) is 11.7. The molecule has 4 heteroatoms. The van der Waals surface area contributed by atoms with E-state index in [1.165, 1.54) is 0 Å². The largest absolute Gasteiger partial charge is 0.356 e. The fourth-order valence-corrected chi connectivity index (χ4v) is 1.48. The van der Waals surface area contributed by atoms with Crippen LogP contribution in [0.25, 0.3) is 0 Å². The van der Waals surface area contributed by atoms with Crippen molar-refractivity contribution in [3.63, 3.8) is 0 Å². The Labute approximate surface area is 79.5 Å². The summed E-state index contributed by atoms with van der Waals surface area (Å²) in [6.07, 6.45) is 1.98. The van der Waals surface area contributed by atoms with E-state index >= 15 is 0 Å². The van der Waals surface area contributed by atoms with Crippen LogP contribution in [-0.2, 0) is 4.79 Å². The summed E-state index contributed by atoms with van der Waals surface area (Å²) < 4.78 is 0. The molecular weight excluding hydrogens is 176 g/mol. The van der Waals surface area contributed by atoms with E-state index in [0.717, 1.165) is 19.4 Å². The molecule has 1 fully saturated rings. The topological polar surface area (TPSA) is 55.1 Å². The Morgan fingerprint density at radius 2 is 2.17 bits per heavy atom. The first-order valence-corrected chi connectivity index (χ1v) is 4.08. The minimum atomic E-state index is -0.371. The molecule has 3 N–H and O–H groups in total. The lowest BCUT2D eigenvalue weighted by molar-refractivity contribution is -0.128. The highest BCUT2D eigenvalue weighted by Crippen LogP contribution is 2.21. The lowest BCUT2D eigenvalue weighted by Crippen LogP contribution is -2.51. The van der Waals surface area contributed by atoms with Gasteiger partial charge in [-0.15, -0.1) is 12.4 Å². The summed E-state index contributed by atoms with van der Waals surface area (Å²) in [5.41, 5.74) is 5.47. The highest BCUT2D eigenvalue weighted by molar-refractivity contribution is 5.85. The second kappa shape index (κ2) is 4.10. The second-order valence-corrected chi connectivity index (χ2v) is 3.81. The minimum absolute atomic E-state index is 0. The molecule has 0 aliphatic carbocycles. The molecule has 0 aromatic rings. The van der Waals surface area contributed by atoms with Crippen LogP contribution in [0.5, 0.6) is 0 Å². The molecule has 0 radical (unpaired) electrons. The van der Waals surface area contributed by atoms with Crippen molar-refractivity contribution in [1.29, 1.82) is 0 Å². The smallest absolute Gasteiger partial charge is 0.224 e. The zero-order valence-electron chi connectivity index (χ0n) is 7.59. The third kappa shape index (κ3) is 2.64. The Bertz CT molecular complexity index is 165. The number of hydrogen-bond acceptors (Lipinski definition) is 2. The maximum Gasteiger partial charge on any atom is 0.224 e. The average molecular weight is 193 g/mol. The summed E-state index contributed by atoms with van der Waals surface area (Å²) in [4.78, 5) is 11.2. The highest BCUT2D eigenvalue weighted by Gasteiger charge is 2.33. The van der Waals surface area contributed by atoms with E-state index in [1.54, 1.807) is 0 Å². The van der Waals surface area contributed by atoms with Crippen molar-refractivity contribution in [2.75, 3.05) is 6.54 Å². The number of carbonyl (C=O) groups is 1. The first-order chi connectivity index (χ1) is 5.02. The Morgan fingerprint density at radius 3 is 2.50 bits per heavy atom. The molecular formula is C8H17ClN2O. The van der Waals surface area contributed by atoms with E-state index in [-0.39, 0.29) is 29.8 Å². The summed E-state index contributed by atoms with van der Waals surface area (Å²) >= 11 is 0. The van der Waals surface area contributed by atoms with Crippen molar-refractivity contribution < 1.29 is 4.79 Å². The van der Waals surface area contributed by atoms with Crippen molar-refractivity contribution >= 4 is 18.3 Å². The zero-order valence-corrected chi connectivity index (χ0v) is 8.41. The fraction of sp³-hybridized carbons (Fsp3) is 0.875. The molecule has 0 unspecified atom stereocenters. The minimum Gasteiger partial charge on any atom is -0.356 e. The van der Waals surface area contributed by atoms with Crippen LogP contribution in [0.15, 0.2) is 0 Å². The van der Waals surface area contributed by atoms with Gasteiger partial charge in [0.05, 0.1) is 5.92 Å². The predicted octanol–water partition coefficient (Wildman–Crippen LogP) is 0.672. The lowest BCUT2D eigenvalue weighted by Gasteiger charge is -2.32. The molecule has 1 heterocycles. The van der Waals surface area contributed by atoms with E-state index in [1.807, 2.05) is 13.8 Å². The number of halogens is 1. The highest BCUT2D eigenvalue weighted by atomic mass is 35.5.